The van der Waals surface area contributed by atoms with Crippen molar-refractivity contribution in [3.63, 3.8) is 0 Å². The zero-order valence-electron chi connectivity index (χ0n) is 11.2. The normalized spacial score (nSPS) is 14.5. The van der Waals surface area contributed by atoms with Crippen molar-refractivity contribution in [3.8, 4) is 0 Å². The third kappa shape index (κ3) is 6.76. The second kappa shape index (κ2) is 8.05. The summed E-state index contributed by atoms with van der Waals surface area (Å²) in [5.41, 5.74) is 2.32. The molecule has 0 fully saturated rings. The van der Waals surface area contributed by atoms with E-state index in [0.29, 0.717) is 0 Å². The quantitative estimate of drug-likeness (QED) is 0.230. The molecule has 0 radical (unpaired) electrons. The first-order valence-corrected chi connectivity index (χ1v) is 5.87. The van der Waals surface area contributed by atoms with Gasteiger partial charge in [0, 0.05) is 6.42 Å². The largest absolute Gasteiger partial charge is 0.481 e. The summed E-state index contributed by atoms with van der Waals surface area (Å²) in [6.45, 7) is 0. The van der Waals surface area contributed by atoms with Gasteiger partial charge >= 0.3 is 29.8 Å². The molecule has 0 aliphatic heterocycles. The molecule has 124 valence electrons. The van der Waals surface area contributed by atoms with Crippen LogP contribution in [0.4, 0.5) is 0 Å². The third-order valence-corrected chi connectivity index (χ3v) is 2.46. The standard InChI is InChI=1S/C11H15NO10/c12-5(1-2-6(13)14)9(18)22-8(17)4-11(21,10(19)20)3-7(15)16/h5,21H,1-4,12H2,(H,13,14)(H,15,16)(H,19,20)/t5-,11?/m1/s1. The summed E-state index contributed by atoms with van der Waals surface area (Å²) < 4.78 is 4.16. The molecule has 0 aliphatic rings. The second-order valence-corrected chi connectivity index (χ2v) is 4.42. The molecule has 1 unspecified atom stereocenters. The lowest BCUT2D eigenvalue weighted by molar-refractivity contribution is -0.175. The van der Waals surface area contributed by atoms with Crippen LogP contribution in [0.25, 0.3) is 0 Å². The lowest BCUT2D eigenvalue weighted by Gasteiger charge is -2.20. The van der Waals surface area contributed by atoms with Crippen LogP contribution in [0, 0.1) is 0 Å². The van der Waals surface area contributed by atoms with E-state index in [1.807, 2.05) is 0 Å². The summed E-state index contributed by atoms with van der Waals surface area (Å²) >= 11 is 0. The number of aliphatic carboxylic acids is 3. The smallest absolute Gasteiger partial charge is 0.336 e. The second-order valence-electron chi connectivity index (χ2n) is 4.42. The zero-order chi connectivity index (χ0) is 17.5. The van der Waals surface area contributed by atoms with Gasteiger partial charge in [0.05, 0.1) is 12.8 Å². The number of carbonyl (C=O) groups is 5. The molecule has 0 amide bonds. The summed E-state index contributed by atoms with van der Waals surface area (Å²) in [5, 5.41) is 35.2. The number of ether oxygens (including phenoxy) is 1. The van der Waals surface area contributed by atoms with E-state index in [0.717, 1.165) is 0 Å². The van der Waals surface area contributed by atoms with Crippen LogP contribution < -0.4 is 5.73 Å². The van der Waals surface area contributed by atoms with Gasteiger partial charge < -0.3 is 30.9 Å². The summed E-state index contributed by atoms with van der Waals surface area (Å²) in [6, 6.07) is -1.43. The average Bonchev–Trinajstić information content (AvgIpc) is 2.33. The van der Waals surface area contributed by atoms with Gasteiger partial charge in [0.25, 0.3) is 0 Å². The number of carboxylic acid groups (broad SMARTS) is 3. The maximum Gasteiger partial charge on any atom is 0.336 e. The van der Waals surface area contributed by atoms with E-state index >= 15 is 0 Å². The number of esters is 2. The van der Waals surface area contributed by atoms with Crippen molar-refractivity contribution in [3.05, 3.63) is 0 Å². The third-order valence-electron chi connectivity index (χ3n) is 2.46. The molecule has 6 N–H and O–H groups in total. The zero-order valence-corrected chi connectivity index (χ0v) is 11.2. The molecule has 0 rings (SSSR count). The number of rotatable bonds is 9. The fraction of sp³-hybridized carbons (Fsp3) is 0.545. The Kier molecular flexibility index (Phi) is 7.12. The fourth-order valence-corrected chi connectivity index (χ4v) is 1.32. The number of carbonyl (C=O) groups excluding carboxylic acids is 2. The van der Waals surface area contributed by atoms with Crippen molar-refractivity contribution in [1.82, 2.24) is 0 Å². The molecule has 0 aromatic carbocycles. The Morgan fingerprint density at radius 2 is 1.55 bits per heavy atom. The minimum atomic E-state index is -2.94. The highest BCUT2D eigenvalue weighted by atomic mass is 16.6. The van der Waals surface area contributed by atoms with Crippen molar-refractivity contribution in [2.24, 2.45) is 5.73 Å². The van der Waals surface area contributed by atoms with E-state index in [1.165, 1.54) is 0 Å². The van der Waals surface area contributed by atoms with E-state index in [9.17, 15) is 29.1 Å². The number of hydrogen-bond acceptors (Lipinski definition) is 8. The predicted octanol–water partition coefficient (Wildman–Crippen LogP) is -2.07. The summed E-state index contributed by atoms with van der Waals surface area (Å²) in [5.74, 6) is -7.69. The van der Waals surface area contributed by atoms with Gasteiger partial charge in [0.2, 0.25) is 0 Å². The molecule has 0 aromatic rings. The van der Waals surface area contributed by atoms with Gasteiger partial charge in [-0.3, -0.25) is 14.4 Å². The SMILES string of the molecule is N[C@H](CCC(=O)O)C(=O)OC(=O)CC(O)(CC(=O)O)C(=O)O. The van der Waals surface area contributed by atoms with Gasteiger partial charge in [0.1, 0.15) is 6.04 Å². The van der Waals surface area contributed by atoms with Crippen LogP contribution in [0.5, 0.6) is 0 Å². The highest BCUT2D eigenvalue weighted by Gasteiger charge is 2.42. The van der Waals surface area contributed by atoms with Gasteiger partial charge in [-0.2, -0.15) is 0 Å². The Morgan fingerprint density at radius 3 is 1.95 bits per heavy atom. The Labute approximate surface area is 123 Å². The van der Waals surface area contributed by atoms with Gasteiger partial charge in [-0.25, -0.2) is 9.59 Å². The first kappa shape index (κ1) is 19.5. The van der Waals surface area contributed by atoms with E-state index in [1.54, 1.807) is 0 Å². The van der Waals surface area contributed by atoms with Gasteiger partial charge in [-0.1, -0.05) is 0 Å². The first-order valence-electron chi connectivity index (χ1n) is 5.87. The minimum Gasteiger partial charge on any atom is -0.481 e. The molecule has 0 heterocycles. The molecule has 0 spiro atoms. The van der Waals surface area contributed by atoms with Gasteiger partial charge in [0.15, 0.2) is 5.60 Å². The molecule has 11 nitrogen and oxygen atoms in total. The highest BCUT2D eigenvalue weighted by molar-refractivity contribution is 5.93. The lowest BCUT2D eigenvalue weighted by Crippen LogP contribution is -2.44. The Balaban J connectivity index is 4.64. The number of aliphatic hydroxyl groups is 1. The lowest BCUT2D eigenvalue weighted by atomic mass is 9.96. The number of hydrogen-bond donors (Lipinski definition) is 5. The van der Waals surface area contributed by atoms with Crippen molar-refractivity contribution in [1.29, 1.82) is 0 Å². The molecule has 0 aliphatic carbocycles. The van der Waals surface area contributed by atoms with Crippen LogP contribution in [0.3, 0.4) is 0 Å². The molecule has 0 saturated carbocycles. The van der Waals surface area contributed by atoms with Crippen LogP contribution in [0.15, 0.2) is 0 Å². The van der Waals surface area contributed by atoms with E-state index in [2.05, 4.69) is 4.74 Å². The summed E-state index contributed by atoms with van der Waals surface area (Å²) in [4.78, 5) is 54.2. The van der Waals surface area contributed by atoms with Crippen molar-refractivity contribution in [2.45, 2.75) is 37.3 Å². The Morgan fingerprint density at radius 1 is 1.00 bits per heavy atom. The number of nitrogens with two attached hydrogens (primary N) is 1. The van der Waals surface area contributed by atoms with Crippen molar-refractivity contribution in [2.75, 3.05) is 0 Å². The number of carboxylic acids is 3. The van der Waals surface area contributed by atoms with E-state index < -0.39 is 60.8 Å². The minimum absolute atomic E-state index is 0.320. The summed E-state index contributed by atoms with van der Waals surface area (Å²) in [6.07, 6.45) is -3.34. The maximum atomic E-state index is 11.4. The molecular formula is C11H15NO10. The molecule has 22 heavy (non-hydrogen) atoms. The van der Waals surface area contributed by atoms with Gasteiger partial charge in [-0.15, -0.1) is 0 Å². The predicted molar refractivity (Wildman–Crippen MR) is 65.4 cm³/mol. The van der Waals surface area contributed by atoms with Crippen LogP contribution in [0.1, 0.15) is 25.7 Å². The van der Waals surface area contributed by atoms with Crippen LogP contribution in [-0.2, 0) is 28.7 Å². The summed E-state index contributed by atoms with van der Waals surface area (Å²) in [7, 11) is 0. The molecule has 0 aromatic heterocycles. The Bertz CT molecular complexity index is 487. The van der Waals surface area contributed by atoms with E-state index in [4.69, 9.17) is 21.1 Å². The first-order chi connectivity index (χ1) is 9.97. The Hall–Kier alpha value is -2.53. The van der Waals surface area contributed by atoms with E-state index in [-0.39, 0.29) is 6.42 Å². The van der Waals surface area contributed by atoms with Gasteiger partial charge in [-0.05, 0) is 6.42 Å². The highest BCUT2D eigenvalue weighted by Crippen LogP contribution is 2.17. The topological polar surface area (TPSA) is 202 Å². The van der Waals surface area contributed by atoms with Crippen LogP contribution in [-0.4, -0.2) is 61.9 Å². The molecule has 0 bridgehead atoms. The van der Waals surface area contributed by atoms with Crippen molar-refractivity contribution < 1.29 is 49.1 Å². The van der Waals surface area contributed by atoms with Crippen LogP contribution >= 0.6 is 0 Å². The monoisotopic (exact) mass is 321 g/mol. The molecule has 11 heteroatoms. The molecular weight excluding hydrogens is 306 g/mol. The maximum absolute atomic E-state index is 11.4. The fourth-order valence-electron chi connectivity index (χ4n) is 1.32. The average molecular weight is 321 g/mol. The van der Waals surface area contributed by atoms with Crippen LogP contribution in [0.2, 0.25) is 0 Å². The van der Waals surface area contributed by atoms with Crippen molar-refractivity contribution >= 4 is 29.8 Å². The molecule has 0 saturated heterocycles. The molecule has 2 atom stereocenters.